The van der Waals surface area contributed by atoms with Crippen LogP contribution in [0.4, 0.5) is 0 Å². The molecule has 10 rings (SSSR count). The summed E-state index contributed by atoms with van der Waals surface area (Å²) in [7, 11) is 0. The van der Waals surface area contributed by atoms with Crippen molar-refractivity contribution < 1.29 is 33.8 Å². The number of thiazole rings is 1. The second kappa shape index (κ2) is 20.3. The van der Waals surface area contributed by atoms with Gasteiger partial charge in [0, 0.05) is 59.3 Å². The number of aliphatic imine (C=N–C) groups is 1. The number of fused-ring (bicyclic) bond motifs is 4. The quantitative estimate of drug-likeness (QED) is 0.0892. The first-order valence-corrected chi connectivity index (χ1v) is 27.1. The Hall–Kier alpha value is -6.47. The fourth-order valence-electron chi connectivity index (χ4n) is 10.3. The fourth-order valence-corrected chi connectivity index (χ4v) is 12.4. The minimum atomic E-state index is -1.04. The lowest BCUT2D eigenvalue weighted by atomic mass is 9.85. The Bertz CT molecular complexity index is 3160. The molecule has 2 fully saturated rings. The highest BCUT2D eigenvalue weighted by Crippen LogP contribution is 2.41. The van der Waals surface area contributed by atoms with Gasteiger partial charge in [0.1, 0.15) is 46.9 Å². The summed E-state index contributed by atoms with van der Waals surface area (Å²) in [6.45, 7) is 15.4. The first-order chi connectivity index (χ1) is 35.3. The molecule has 2 aromatic carbocycles. The molecule has 4 amide bonds. The van der Waals surface area contributed by atoms with Gasteiger partial charge in [0.05, 0.1) is 40.4 Å². The maximum atomic E-state index is 14.4. The molecule has 74 heavy (non-hydrogen) atoms. The topological polar surface area (TPSA) is 202 Å². The third kappa shape index (κ3) is 10.2. The van der Waals surface area contributed by atoms with Crippen molar-refractivity contribution >= 4 is 63.6 Å². The highest BCUT2D eigenvalue weighted by Gasteiger charge is 2.46. The molecule has 16 nitrogen and oxygen atoms in total. The van der Waals surface area contributed by atoms with E-state index in [9.17, 15) is 24.3 Å². The van der Waals surface area contributed by atoms with E-state index in [1.807, 2.05) is 112 Å². The molecule has 19 heteroatoms. The van der Waals surface area contributed by atoms with Gasteiger partial charge in [-0.1, -0.05) is 74.8 Å². The maximum Gasteiger partial charge on any atom is 0.287 e. The summed E-state index contributed by atoms with van der Waals surface area (Å²) in [5, 5.41) is 30.5. The van der Waals surface area contributed by atoms with Crippen LogP contribution in [0.1, 0.15) is 116 Å². The number of aryl methyl sites for hydroxylation is 3. The molecule has 0 spiro atoms. The number of β-amino-alcohol motifs (C(OH)–C–C–N with tert-alkyl or cyclic N) is 1. The average molecular weight is 1060 g/mol. The Morgan fingerprint density at radius 3 is 2.39 bits per heavy atom. The molecule has 2 unspecified atom stereocenters. The van der Waals surface area contributed by atoms with Crippen LogP contribution in [0, 0.1) is 33.1 Å². The zero-order chi connectivity index (χ0) is 52.3. The second-order valence-electron chi connectivity index (χ2n) is 21.0. The van der Waals surface area contributed by atoms with Crippen LogP contribution >= 0.6 is 34.3 Å². The van der Waals surface area contributed by atoms with Gasteiger partial charge in [-0.2, -0.15) is 0 Å². The number of ether oxygens (including phenoxy) is 2. The minimum Gasteiger partial charge on any atom is -0.494 e. The molecule has 5 aromatic rings. The van der Waals surface area contributed by atoms with E-state index in [4.69, 9.17) is 26.1 Å². The molecule has 1 saturated carbocycles. The lowest BCUT2D eigenvalue weighted by Gasteiger charge is -2.37. The van der Waals surface area contributed by atoms with Gasteiger partial charge in [0.25, 0.3) is 5.91 Å². The molecule has 1 saturated heterocycles. The Morgan fingerprint density at radius 2 is 1.69 bits per heavy atom. The molecule has 6 atom stereocenters. The van der Waals surface area contributed by atoms with E-state index in [2.05, 4.69) is 45.0 Å². The third-order valence-corrected chi connectivity index (χ3v) is 17.0. The number of rotatable bonds is 13. The number of allylic oxidation sites excluding steroid dienone is 2. The van der Waals surface area contributed by atoms with Gasteiger partial charge in [0.2, 0.25) is 17.7 Å². The lowest BCUT2D eigenvalue weighted by Crippen LogP contribution is -2.58. The van der Waals surface area contributed by atoms with Crippen LogP contribution in [-0.4, -0.2) is 102 Å². The number of benzene rings is 2. The number of likely N-dealkylation sites (tertiary alicyclic amines) is 1. The molecule has 4 N–H and O–H groups in total. The van der Waals surface area contributed by atoms with Gasteiger partial charge in [-0.05, 0) is 86.6 Å². The summed E-state index contributed by atoms with van der Waals surface area (Å²) >= 11 is 9.51. The summed E-state index contributed by atoms with van der Waals surface area (Å²) in [6.07, 6.45) is 5.71. The van der Waals surface area contributed by atoms with Gasteiger partial charge in [-0.25, -0.2) is 4.98 Å². The summed E-state index contributed by atoms with van der Waals surface area (Å²) in [5.41, 5.74) is 8.55. The maximum absolute atomic E-state index is 14.4. The van der Waals surface area contributed by atoms with Crippen LogP contribution in [0.5, 0.6) is 0 Å². The van der Waals surface area contributed by atoms with Crippen LogP contribution in [0.25, 0.3) is 15.4 Å². The van der Waals surface area contributed by atoms with Gasteiger partial charge in [0.15, 0.2) is 11.6 Å². The molecule has 3 aliphatic heterocycles. The van der Waals surface area contributed by atoms with Crippen molar-refractivity contribution in [3.8, 4) is 15.4 Å². The first kappa shape index (κ1) is 51.0. The number of aliphatic hydroxyl groups is 1. The van der Waals surface area contributed by atoms with Gasteiger partial charge in [-0.3, -0.25) is 28.7 Å². The summed E-state index contributed by atoms with van der Waals surface area (Å²) in [5.74, 6) is 0.554. The number of carbonyl (C=O) groups is 4. The molecule has 3 aromatic heterocycles. The second-order valence-corrected chi connectivity index (χ2v) is 23.5. The molecule has 0 radical (unpaired) electrons. The number of amides is 4. The van der Waals surface area contributed by atoms with Gasteiger partial charge in [-0.15, -0.1) is 32.9 Å². The molecule has 0 bridgehead atoms. The van der Waals surface area contributed by atoms with Crippen LogP contribution < -0.4 is 16.0 Å². The van der Waals surface area contributed by atoms with E-state index in [-0.39, 0.29) is 55.1 Å². The SMILES string of the molecule is Cc1ncsc1-c1ccc([C@H](C)NC(=O)[C@@H]2C[C@@H](O)CN2C(=O)C(NC(=O)C2=CC3=CC=C(O[C@H]4C[C@H](NC(=O)C[C@@H]5N=C(c6ccc(Cl)cc6)c6c(sc(C)c6C)-n6c(C)nnc65)C4)CC3O2)C(C)(C)C)cc1. The van der Waals surface area contributed by atoms with Crippen LogP contribution in [-0.2, 0) is 28.7 Å². The summed E-state index contributed by atoms with van der Waals surface area (Å²) < 4.78 is 14.6. The van der Waals surface area contributed by atoms with Crippen molar-refractivity contribution in [3.63, 3.8) is 0 Å². The molecular formula is C55H60ClN9O7S2. The molecule has 6 heterocycles. The van der Waals surface area contributed by atoms with Crippen molar-refractivity contribution in [1.82, 2.24) is 40.6 Å². The standard InChI is InChI=1S/C55H60ClN9O7S2/c1-27-30(4)74-54-46(27)47(33-13-16-36(56)17-14-33)60-41(50-63-62-31(5)65(50)54)24-45(67)59-37-20-40(21-37)71-39-18-15-35-19-44(72-43(35)23-39)52(69)61-49(55(6,7)8)53(70)64-25-38(66)22-42(64)51(68)58-28(2)32-9-11-34(12-10-32)48-29(3)57-26-73-48/h9-19,26,28,37-38,40-43,49,66H,20-25H2,1-8H3,(H,58,68)(H,59,67)(H,61,69)/t28-,37-,38+,40-,41-,42-,43?,49?/m0/s1. The molecule has 5 aliphatic rings. The van der Waals surface area contributed by atoms with Crippen LogP contribution in [0.15, 0.2) is 94.4 Å². The average Bonchev–Trinajstić information content (AvgIpc) is 4.19. The van der Waals surface area contributed by atoms with Crippen molar-refractivity contribution in [1.29, 1.82) is 0 Å². The number of halogens is 1. The number of hydrogen-bond donors (Lipinski definition) is 4. The predicted octanol–water partition coefficient (Wildman–Crippen LogP) is 8.15. The minimum absolute atomic E-state index is 0.0452. The van der Waals surface area contributed by atoms with Crippen LogP contribution in [0.3, 0.4) is 0 Å². The largest absolute Gasteiger partial charge is 0.494 e. The monoisotopic (exact) mass is 1060 g/mol. The summed E-state index contributed by atoms with van der Waals surface area (Å²) in [4.78, 5) is 69.1. The molecule has 2 aliphatic carbocycles. The Labute approximate surface area is 443 Å². The van der Waals surface area contributed by atoms with E-state index in [1.54, 1.807) is 28.7 Å². The van der Waals surface area contributed by atoms with Crippen molar-refractivity contribution in [2.24, 2.45) is 10.4 Å². The Kier molecular flexibility index (Phi) is 14.0. The smallest absolute Gasteiger partial charge is 0.287 e. The number of nitrogens with one attached hydrogen (secondary N) is 3. The molecular weight excluding hydrogens is 998 g/mol. The van der Waals surface area contributed by atoms with Gasteiger partial charge < -0.3 is 35.4 Å². The number of carbonyl (C=O) groups excluding carboxylic acids is 4. The zero-order valence-corrected chi connectivity index (χ0v) is 45.0. The fraction of sp³-hybridized carbons (Fsp3) is 0.418. The van der Waals surface area contributed by atoms with E-state index < -0.39 is 47.6 Å². The zero-order valence-electron chi connectivity index (χ0n) is 42.6. The molecule has 386 valence electrons. The lowest BCUT2D eigenvalue weighted by molar-refractivity contribution is -0.144. The van der Waals surface area contributed by atoms with Crippen LogP contribution in [0.2, 0.25) is 5.02 Å². The van der Waals surface area contributed by atoms with Crippen molar-refractivity contribution in [2.45, 2.75) is 136 Å². The number of hydrogen-bond acceptors (Lipinski definition) is 13. The number of aliphatic hydroxyl groups excluding tert-OH is 1. The van der Waals surface area contributed by atoms with Crippen molar-refractivity contribution in [3.05, 3.63) is 139 Å². The van der Waals surface area contributed by atoms with Gasteiger partial charge >= 0.3 is 0 Å². The Morgan fingerprint density at radius 1 is 0.959 bits per heavy atom. The number of thiophene rings is 1. The first-order valence-electron chi connectivity index (χ1n) is 25.0. The third-order valence-electron chi connectivity index (χ3n) is 14.6. The van der Waals surface area contributed by atoms with E-state index in [0.29, 0.717) is 35.9 Å². The van der Waals surface area contributed by atoms with E-state index >= 15 is 0 Å². The summed E-state index contributed by atoms with van der Waals surface area (Å²) in [6, 6.07) is 12.5. The Balaban J connectivity index is 0.727. The highest BCUT2D eigenvalue weighted by molar-refractivity contribution is 7.15. The number of nitrogens with zero attached hydrogens (tertiary/aromatic N) is 6. The number of aromatic nitrogens is 4. The van der Waals surface area contributed by atoms with E-state index in [0.717, 1.165) is 60.5 Å². The van der Waals surface area contributed by atoms with E-state index in [1.165, 1.54) is 9.78 Å². The van der Waals surface area contributed by atoms with Crippen molar-refractivity contribution in [2.75, 3.05) is 6.54 Å². The normalized spacial score (nSPS) is 22.8. The predicted molar refractivity (Wildman–Crippen MR) is 284 cm³/mol. The highest BCUT2D eigenvalue weighted by atomic mass is 35.5.